The molecule has 6 heteroatoms. The molecule has 0 atom stereocenters. The van der Waals surface area contributed by atoms with Crippen molar-refractivity contribution < 1.29 is 18.0 Å². The highest BCUT2D eigenvalue weighted by Gasteiger charge is 2.29. The average Bonchev–Trinajstić information content (AvgIpc) is 2.06. The Morgan fingerprint density at radius 1 is 1.44 bits per heavy atom. The molecule has 88 valence electrons. The monoisotopic (exact) mass is 295 g/mol. The largest absolute Gasteiger partial charge is 0.393 e. The van der Waals surface area contributed by atoms with Gasteiger partial charge in [0.05, 0.1) is 6.42 Å². The highest BCUT2D eigenvalue weighted by Crippen LogP contribution is 2.28. The molecule has 0 aliphatic rings. The van der Waals surface area contributed by atoms with E-state index < -0.39 is 18.5 Å². The first kappa shape index (κ1) is 13.0. The molecule has 1 N–H and O–H groups in total. The molecule has 0 saturated carbocycles. The second-order valence-corrected chi connectivity index (χ2v) is 4.19. The first-order valence-corrected chi connectivity index (χ1v) is 5.20. The molecule has 0 aliphatic heterocycles. The summed E-state index contributed by atoms with van der Waals surface area (Å²) >= 11 is 3.09. The fourth-order valence-electron chi connectivity index (χ4n) is 1.24. The summed E-state index contributed by atoms with van der Waals surface area (Å²) in [6.45, 7) is 1.25. The van der Waals surface area contributed by atoms with Crippen molar-refractivity contribution in [2.24, 2.45) is 0 Å². The van der Waals surface area contributed by atoms with Crippen molar-refractivity contribution in [2.45, 2.75) is 19.5 Å². The molecule has 0 spiro atoms. The normalized spacial score (nSPS) is 11.3. The lowest BCUT2D eigenvalue weighted by Crippen LogP contribution is -2.15. The van der Waals surface area contributed by atoms with Gasteiger partial charge in [-0.05, 0) is 23.8 Å². The van der Waals surface area contributed by atoms with Gasteiger partial charge in [-0.1, -0.05) is 15.9 Å². The summed E-state index contributed by atoms with van der Waals surface area (Å²) in [6, 6.07) is 4.36. The number of nitrogens with one attached hydrogen (secondary N) is 1. The maximum Gasteiger partial charge on any atom is 0.393 e. The predicted molar refractivity (Wildman–Crippen MR) is 58.2 cm³/mol. The summed E-state index contributed by atoms with van der Waals surface area (Å²) in [5, 5.41) is 2.36. The second-order valence-electron chi connectivity index (χ2n) is 3.27. The van der Waals surface area contributed by atoms with Crippen LogP contribution in [-0.2, 0) is 11.2 Å². The molecule has 0 saturated heterocycles. The van der Waals surface area contributed by atoms with Crippen molar-refractivity contribution in [1.29, 1.82) is 0 Å². The number of hydrogen-bond donors (Lipinski definition) is 1. The number of alkyl halides is 3. The molecule has 0 bridgehead atoms. The average molecular weight is 296 g/mol. The van der Waals surface area contributed by atoms with Crippen LogP contribution in [0.4, 0.5) is 18.9 Å². The van der Waals surface area contributed by atoms with E-state index >= 15 is 0 Å². The van der Waals surface area contributed by atoms with Gasteiger partial charge in [-0.25, -0.2) is 0 Å². The number of benzene rings is 1. The molecule has 0 unspecified atom stereocenters. The van der Waals surface area contributed by atoms with Crippen molar-refractivity contribution in [3.63, 3.8) is 0 Å². The van der Waals surface area contributed by atoms with Crippen LogP contribution in [0.2, 0.25) is 0 Å². The molecule has 0 radical (unpaired) electrons. The Morgan fingerprint density at radius 3 is 2.56 bits per heavy atom. The third-order valence-corrected chi connectivity index (χ3v) is 2.26. The van der Waals surface area contributed by atoms with Gasteiger partial charge in [0.15, 0.2) is 0 Å². The number of carbonyl (C=O) groups is 1. The van der Waals surface area contributed by atoms with Gasteiger partial charge in [0.2, 0.25) is 5.91 Å². The minimum atomic E-state index is -4.30. The zero-order valence-corrected chi connectivity index (χ0v) is 9.95. The third kappa shape index (κ3) is 4.22. The van der Waals surface area contributed by atoms with Crippen LogP contribution in [0.25, 0.3) is 0 Å². The minimum absolute atomic E-state index is 0.0390. The molecule has 16 heavy (non-hydrogen) atoms. The van der Waals surface area contributed by atoms with E-state index in [0.29, 0.717) is 4.47 Å². The maximum absolute atomic E-state index is 12.3. The fraction of sp³-hybridized carbons (Fsp3) is 0.300. The van der Waals surface area contributed by atoms with Gasteiger partial charge in [0.25, 0.3) is 0 Å². The Labute approximate surface area is 99.0 Å². The topological polar surface area (TPSA) is 29.1 Å². The smallest absolute Gasteiger partial charge is 0.326 e. The summed E-state index contributed by atoms with van der Waals surface area (Å²) in [5.41, 5.74) is 0.227. The molecule has 0 fully saturated rings. The number of amides is 1. The Balaban J connectivity index is 3.03. The van der Waals surface area contributed by atoms with Gasteiger partial charge in [-0.2, -0.15) is 13.2 Å². The molecule has 1 aromatic carbocycles. The van der Waals surface area contributed by atoms with Crippen molar-refractivity contribution in [3.8, 4) is 0 Å². The molecule has 0 aromatic heterocycles. The highest BCUT2D eigenvalue weighted by atomic mass is 79.9. The minimum Gasteiger partial charge on any atom is -0.326 e. The summed E-state index contributed by atoms with van der Waals surface area (Å²) in [6.07, 6.45) is -5.37. The van der Waals surface area contributed by atoms with Gasteiger partial charge in [0.1, 0.15) is 0 Å². The van der Waals surface area contributed by atoms with Crippen LogP contribution in [0.1, 0.15) is 12.5 Å². The number of halogens is 4. The van der Waals surface area contributed by atoms with Crippen LogP contribution in [0, 0.1) is 0 Å². The van der Waals surface area contributed by atoms with Gasteiger partial charge in [-0.15, -0.1) is 0 Å². The molecular weight excluding hydrogens is 287 g/mol. The highest BCUT2D eigenvalue weighted by molar-refractivity contribution is 9.10. The Morgan fingerprint density at radius 2 is 2.06 bits per heavy atom. The second kappa shape index (κ2) is 4.86. The standard InChI is InChI=1S/C10H9BrF3NO/c1-6(16)15-9-3-2-8(11)4-7(9)5-10(12,13)14/h2-4H,5H2,1H3,(H,15,16). The zero-order valence-electron chi connectivity index (χ0n) is 8.36. The van der Waals surface area contributed by atoms with Crippen molar-refractivity contribution in [2.75, 3.05) is 5.32 Å². The van der Waals surface area contributed by atoms with E-state index in [9.17, 15) is 18.0 Å². The van der Waals surface area contributed by atoms with E-state index in [1.165, 1.54) is 19.1 Å². The van der Waals surface area contributed by atoms with Gasteiger partial charge in [-0.3, -0.25) is 4.79 Å². The van der Waals surface area contributed by atoms with Crippen LogP contribution >= 0.6 is 15.9 Å². The van der Waals surface area contributed by atoms with Crippen molar-refractivity contribution >= 4 is 27.5 Å². The first-order chi connectivity index (χ1) is 7.28. The lowest BCUT2D eigenvalue weighted by Gasteiger charge is -2.12. The van der Waals surface area contributed by atoms with E-state index in [0.717, 1.165) is 0 Å². The third-order valence-electron chi connectivity index (χ3n) is 1.77. The number of anilines is 1. The van der Waals surface area contributed by atoms with Gasteiger partial charge >= 0.3 is 6.18 Å². The molecule has 0 aliphatic carbocycles. The number of hydrogen-bond acceptors (Lipinski definition) is 1. The van der Waals surface area contributed by atoms with Crippen LogP contribution < -0.4 is 5.32 Å². The van der Waals surface area contributed by atoms with Crippen LogP contribution in [0.15, 0.2) is 22.7 Å². The zero-order chi connectivity index (χ0) is 12.3. The maximum atomic E-state index is 12.3. The Kier molecular flexibility index (Phi) is 3.96. The molecule has 2 nitrogen and oxygen atoms in total. The Hall–Kier alpha value is -1.04. The summed E-state index contributed by atoms with van der Waals surface area (Å²) in [5.74, 6) is -0.397. The number of rotatable bonds is 2. The lowest BCUT2D eigenvalue weighted by molar-refractivity contribution is -0.127. The van der Waals surface area contributed by atoms with Gasteiger partial charge in [0, 0.05) is 17.1 Å². The molecule has 1 aromatic rings. The summed E-state index contributed by atoms with van der Waals surface area (Å²) in [7, 11) is 0. The van der Waals surface area contributed by atoms with E-state index in [-0.39, 0.29) is 11.3 Å². The van der Waals surface area contributed by atoms with Gasteiger partial charge < -0.3 is 5.32 Å². The van der Waals surface area contributed by atoms with Crippen molar-refractivity contribution in [3.05, 3.63) is 28.2 Å². The molecule has 1 rings (SSSR count). The lowest BCUT2D eigenvalue weighted by atomic mass is 10.1. The Bertz CT molecular complexity index is 404. The van der Waals surface area contributed by atoms with Crippen LogP contribution in [0.5, 0.6) is 0 Å². The van der Waals surface area contributed by atoms with E-state index in [1.54, 1.807) is 6.07 Å². The molecule has 0 heterocycles. The van der Waals surface area contributed by atoms with Crippen LogP contribution in [0.3, 0.4) is 0 Å². The predicted octanol–water partition coefficient (Wildman–Crippen LogP) is 3.51. The first-order valence-electron chi connectivity index (χ1n) is 4.41. The van der Waals surface area contributed by atoms with Crippen molar-refractivity contribution in [1.82, 2.24) is 0 Å². The number of carbonyl (C=O) groups excluding carboxylic acids is 1. The molecule has 1 amide bonds. The quantitative estimate of drug-likeness (QED) is 0.889. The van der Waals surface area contributed by atoms with E-state index in [1.807, 2.05) is 0 Å². The summed E-state index contributed by atoms with van der Waals surface area (Å²) < 4.78 is 37.3. The van der Waals surface area contributed by atoms with E-state index in [4.69, 9.17) is 0 Å². The van der Waals surface area contributed by atoms with Crippen LogP contribution in [-0.4, -0.2) is 12.1 Å². The van der Waals surface area contributed by atoms with E-state index in [2.05, 4.69) is 21.2 Å². The SMILES string of the molecule is CC(=O)Nc1ccc(Br)cc1CC(F)(F)F. The molecular formula is C10H9BrF3NO. The summed E-state index contributed by atoms with van der Waals surface area (Å²) in [4.78, 5) is 10.8. The fourth-order valence-corrected chi connectivity index (χ4v) is 1.64.